The van der Waals surface area contributed by atoms with Gasteiger partial charge < -0.3 is 0 Å². The van der Waals surface area contributed by atoms with Gasteiger partial charge in [0.25, 0.3) is 0 Å². The second-order valence-corrected chi connectivity index (χ2v) is 1.36. The molecule has 7 nitrogen and oxygen atoms in total. The summed E-state index contributed by atoms with van der Waals surface area (Å²) in [6.45, 7) is 0. The molecule has 0 aliphatic carbocycles. The van der Waals surface area contributed by atoms with E-state index in [0.29, 0.717) is 0 Å². The number of hydrogen-bond donors (Lipinski definition) is 4. The second-order valence-electron chi connectivity index (χ2n) is 1.36. The molecule has 0 saturated heterocycles. The predicted molar refractivity (Wildman–Crippen MR) is 40.5 cm³/mol. The van der Waals surface area contributed by atoms with Crippen LogP contribution in [0.4, 0.5) is 0 Å². The first kappa shape index (κ1) is 14.2. The average molecular weight is 327 g/mol. The molecule has 0 amide bonds. The van der Waals surface area contributed by atoms with Crippen LogP contribution in [0.2, 0.25) is 0 Å². The summed E-state index contributed by atoms with van der Waals surface area (Å²) in [5.74, 6) is 0. The molecule has 0 aliphatic rings. The standard InChI is InChI=1S/C3H3N3O3.Ni.H2O.Sn.3H/c7-1-4-2(8)6-3(9)5-1;;;;;;/h(H3,4,5,6,7,8,9);;1H2;;;;/q;;;+1;;;/p-1. The van der Waals surface area contributed by atoms with Crippen molar-refractivity contribution < 1.29 is 19.9 Å². The molecule has 0 aliphatic heterocycles. The van der Waals surface area contributed by atoms with Crippen LogP contribution < -0.4 is 17.1 Å². The van der Waals surface area contributed by atoms with Crippen molar-refractivity contribution in [1.29, 1.82) is 0 Å². The Labute approximate surface area is 89.2 Å². The summed E-state index contributed by atoms with van der Waals surface area (Å²) in [5, 5.41) is 0. The van der Waals surface area contributed by atoms with Crippen molar-refractivity contribution in [1.82, 2.24) is 15.0 Å². The van der Waals surface area contributed by atoms with Gasteiger partial charge in [-0.25, -0.2) is 14.4 Å². The van der Waals surface area contributed by atoms with Gasteiger partial charge >= 0.3 is 43.5 Å². The van der Waals surface area contributed by atoms with Crippen LogP contribution in [0.25, 0.3) is 0 Å². The molecule has 0 saturated carbocycles. The zero-order valence-electron chi connectivity index (χ0n) is 5.99. The molecule has 0 radical (unpaired) electrons. The van der Waals surface area contributed by atoms with Gasteiger partial charge in [-0.2, -0.15) is 0 Å². The fraction of sp³-hybridized carbons (Fsp3) is 0. The minimum atomic E-state index is -0.802. The maximum absolute atomic E-state index is 10.2. The summed E-state index contributed by atoms with van der Waals surface area (Å²) in [6.07, 6.45) is 0. The van der Waals surface area contributed by atoms with E-state index in [2.05, 4.69) is 0 Å². The first-order valence-corrected chi connectivity index (χ1v) is 5.11. The Balaban J connectivity index is 0. The fourth-order valence-electron chi connectivity index (χ4n) is 0.403. The van der Waals surface area contributed by atoms with Gasteiger partial charge in [0.15, 0.2) is 0 Å². The van der Waals surface area contributed by atoms with Gasteiger partial charge in [0.05, 0.1) is 0 Å². The molecular formula is C3H7N3NiO4Sn. The number of aromatic amines is 3. The molecule has 0 atom stereocenters. The van der Waals surface area contributed by atoms with E-state index in [4.69, 9.17) is 3.44 Å². The first-order valence-electron chi connectivity index (χ1n) is 2.56. The van der Waals surface area contributed by atoms with Crippen molar-refractivity contribution >= 4 is 22.9 Å². The quantitative estimate of drug-likeness (QED) is 0.363. The van der Waals surface area contributed by atoms with Gasteiger partial charge in [0.1, 0.15) is 0 Å². The molecule has 4 N–H and O–H groups in total. The number of nitrogens with one attached hydrogen (secondary N) is 3. The Morgan fingerprint density at radius 2 is 1.00 bits per heavy atom. The number of rotatable bonds is 0. The third-order valence-electron chi connectivity index (χ3n) is 0.681. The van der Waals surface area contributed by atoms with Gasteiger partial charge in [-0.05, 0) is 0 Å². The Morgan fingerprint density at radius 1 is 0.833 bits per heavy atom. The number of H-pyrrole nitrogens is 3. The third kappa shape index (κ3) is 5.33. The van der Waals surface area contributed by atoms with Crippen LogP contribution in [0.5, 0.6) is 0 Å². The Hall–Kier alpha value is -0.338. The molecule has 0 fully saturated rings. The van der Waals surface area contributed by atoms with Crippen molar-refractivity contribution in [2.24, 2.45) is 0 Å². The molecule has 9 heteroatoms. The zero-order valence-corrected chi connectivity index (χ0v) is 12.7. The van der Waals surface area contributed by atoms with E-state index in [9.17, 15) is 14.4 Å². The summed E-state index contributed by atoms with van der Waals surface area (Å²) >= 11 is -0.0500. The molecule has 1 heterocycles. The van der Waals surface area contributed by atoms with E-state index in [1.165, 1.54) is 0 Å². The first-order chi connectivity index (χ1) is 5.18. The molecule has 0 spiro atoms. The van der Waals surface area contributed by atoms with Gasteiger partial charge in [-0.3, -0.25) is 15.0 Å². The molecular weight excluding hydrogens is 319 g/mol. The zero-order chi connectivity index (χ0) is 8.85. The van der Waals surface area contributed by atoms with Gasteiger partial charge in [-0.15, -0.1) is 0 Å². The second kappa shape index (κ2) is 7.32. The molecule has 72 valence electrons. The molecule has 0 unspecified atom stereocenters. The Morgan fingerprint density at radius 3 is 1.17 bits per heavy atom. The van der Waals surface area contributed by atoms with Crippen LogP contribution in [-0.4, -0.2) is 41.3 Å². The Bertz CT molecular complexity index is 288. The summed E-state index contributed by atoms with van der Waals surface area (Å²) in [6, 6.07) is 0. The monoisotopic (exact) mass is 327 g/mol. The number of aromatic nitrogens is 3. The molecule has 1 rings (SSSR count). The van der Waals surface area contributed by atoms with E-state index in [-0.39, 0.29) is 39.4 Å². The predicted octanol–water partition coefficient (Wildman–Crippen LogP) is -3.99. The van der Waals surface area contributed by atoms with Crippen molar-refractivity contribution in [3.8, 4) is 0 Å². The van der Waals surface area contributed by atoms with Crippen LogP contribution in [0.3, 0.4) is 0 Å². The summed E-state index contributed by atoms with van der Waals surface area (Å²) in [7, 11) is 0. The van der Waals surface area contributed by atoms with Crippen LogP contribution >= 0.6 is 0 Å². The van der Waals surface area contributed by atoms with Crippen molar-refractivity contribution in [3.63, 3.8) is 0 Å². The van der Waals surface area contributed by atoms with Crippen LogP contribution in [0, 0.1) is 0 Å². The summed E-state index contributed by atoms with van der Waals surface area (Å²) < 4.78 is 7.21. The molecule has 0 aromatic carbocycles. The van der Waals surface area contributed by atoms with E-state index >= 15 is 0 Å². The van der Waals surface area contributed by atoms with Crippen molar-refractivity contribution in [3.05, 3.63) is 31.5 Å². The van der Waals surface area contributed by atoms with Crippen LogP contribution in [-0.2, 0) is 16.5 Å². The number of hydrogen-bond acceptors (Lipinski definition) is 4. The van der Waals surface area contributed by atoms with Gasteiger partial charge in [-0.1, -0.05) is 0 Å². The van der Waals surface area contributed by atoms with E-state index in [1.807, 2.05) is 0 Å². The maximum atomic E-state index is 10.2. The van der Waals surface area contributed by atoms with Gasteiger partial charge in [0, 0.05) is 16.5 Å². The minimum absolute atomic E-state index is 0. The average Bonchev–Trinajstić information content (AvgIpc) is 1.88. The SMILES string of the molecule is O=c1[nH]c(=O)[nH]c(=O)[nH]1.[Ni].[OH][SnH3]. The van der Waals surface area contributed by atoms with Gasteiger partial charge in [0.2, 0.25) is 0 Å². The topological polar surface area (TPSA) is 119 Å². The van der Waals surface area contributed by atoms with E-state index < -0.39 is 17.1 Å². The molecule has 1 aromatic rings. The summed E-state index contributed by atoms with van der Waals surface area (Å²) in [4.78, 5) is 35.9. The van der Waals surface area contributed by atoms with Crippen LogP contribution in [0.15, 0.2) is 14.4 Å². The third-order valence-corrected chi connectivity index (χ3v) is 0.681. The van der Waals surface area contributed by atoms with Crippen molar-refractivity contribution in [2.45, 2.75) is 0 Å². The van der Waals surface area contributed by atoms with Crippen molar-refractivity contribution in [2.75, 3.05) is 0 Å². The van der Waals surface area contributed by atoms with E-state index in [0.717, 1.165) is 0 Å². The summed E-state index contributed by atoms with van der Waals surface area (Å²) in [5.41, 5.74) is -2.41. The molecule has 0 bridgehead atoms. The molecule has 1 aromatic heterocycles. The normalized spacial score (nSPS) is 7.75. The van der Waals surface area contributed by atoms with E-state index in [1.54, 1.807) is 15.0 Å². The van der Waals surface area contributed by atoms with Crippen LogP contribution in [0.1, 0.15) is 0 Å². The fourth-order valence-corrected chi connectivity index (χ4v) is 0.403. The Kier molecular flexibility index (Phi) is 8.66. The molecule has 12 heavy (non-hydrogen) atoms.